The molecule has 1 aliphatic heterocycles. The van der Waals surface area contributed by atoms with Crippen molar-refractivity contribution in [2.45, 2.75) is 17.6 Å². The lowest BCUT2D eigenvalue weighted by atomic mass is 9.96. The van der Waals surface area contributed by atoms with Crippen LogP contribution in [0.1, 0.15) is 12.8 Å². The molecule has 2 rings (SSSR count). The van der Waals surface area contributed by atoms with Crippen LogP contribution in [0.4, 0.5) is 5.69 Å². The number of carbonyl (C=O) groups excluding carboxylic acids is 2. The van der Waals surface area contributed by atoms with Crippen LogP contribution >= 0.6 is 11.6 Å². The van der Waals surface area contributed by atoms with Crippen molar-refractivity contribution in [1.82, 2.24) is 10.6 Å². The summed E-state index contributed by atoms with van der Waals surface area (Å²) in [5.74, 6) is -1.07. The molecule has 0 radical (unpaired) electrons. The maximum Gasteiger partial charge on any atom is 0.243 e. The number of anilines is 1. The van der Waals surface area contributed by atoms with Gasteiger partial charge in [0.25, 0.3) is 0 Å². The summed E-state index contributed by atoms with van der Waals surface area (Å²) in [6, 6.07) is 6.52. The summed E-state index contributed by atoms with van der Waals surface area (Å²) >= 11 is 5.76. The van der Waals surface area contributed by atoms with E-state index in [1.54, 1.807) is 24.3 Å². The quantitative estimate of drug-likeness (QED) is 0.699. The van der Waals surface area contributed by atoms with Crippen LogP contribution in [0.25, 0.3) is 0 Å². The Morgan fingerprint density at radius 3 is 2.33 bits per heavy atom. The van der Waals surface area contributed by atoms with Crippen molar-refractivity contribution < 1.29 is 18.0 Å². The third-order valence-electron chi connectivity index (χ3n) is 4.07. The monoisotopic (exact) mass is 373 g/mol. The van der Waals surface area contributed by atoms with Crippen LogP contribution < -0.4 is 16.0 Å². The van der Waals surface area contributed by atoms with Gasteiger partial charge in [0.05, 0.1) is 6.54 Å². The van der Waals surface area contributed by atoms with Gasteiger partial charge in [-0.3, -0.25) is 9.59 Å². The van der Waals surface area contributed by atoms with E-state index < -0.39 is 26.4 Å². The van der Waals surface area contributed by atoms with Gasteiger partial charge in [0.1, 0.15) is 0 Å². The molecule has 1 heterocycles. The van der Waals surface area contributed by atoms with Crippen molar-refractivity contribution in [3.8, 4) is 0 Å². The lowest BCUT2D eigenvalue weighted by Crippen LogP contribution is -2.58. The standard InChI is InChI=1S/C15H20ClN3O4S/c1-24(22,23)15(6-8-17-9-7-15)14(21)18-10-13(20)19-12-4-2-11(16)3-5-12/h2-5,17H,6-10H2,1H3,(H,18,21)(H,19,20). The van der Waals surface area contributed by atoms with Gasteiger partial charge in [0, 0.05) is 17.0 Å². The summed E-state index contributed by atoms with van der Waals surface area (Å²) in [5, 5.41) is 8.63. The number of carbonyl (C=O) groups is 2. The molecular formula is C15H20ClN3O4S. The molecule has 1 fully saturated rings. The average molecular weight is 374 g/mol. The SMILES string of the molecule is CS(=O)(=O)C1(C(=O)NCC(=O)Nc2ccc(Cl)cc2)CCNCC1. The Bertz CT molecular complexity index is 713. The zero-order chi connectivity index (χ0) is 17.8. The number of halogens is 1. The Hall–Kier alpha value is -1.64. The second kappa shape index (κ2) is 7.50. The maximum absolute atomic E-state index is 12.5. The fourth-order valence-corrected chi connectivity index (χ4v) is 4.14. The molecule has 0 atom stereocenters. The van der Waals surface area contributed by atoms with E-state index in [-0.39, 0.29) is 19.4 Å². The summed E-state index contributed by atoms with van der Waals surface area (Å²) in [4.78, 5) is 24.4. The average Bonchev–Trinajstić information content (AvgIpc) is 2.54. The number of hydrogen-bond donors (Lipinski definition) is 3. The van der Waals surface area contributed by atoms with Crippen LogP contribution in [-0.4, -0.2) is 50.9 Å². The van der Waals surface area contributed by atoms with Gasteiger partial charge in [-0.1, -0.05) is 11.6 Å². The molecule has 2 amide bonds. The smallest absolute Gasteiger partial charge is 0.243 e. The van der Waals surface area contributed by atoms with E-state index in [1.807, 2.05) is 0 Å². The summed E-state index contributed by atoms with van der Waals surface area (Å²) in [6.07, 6.45) is 1.44. The molecule has 0 spiro atoms. The normalized spacial score (nSPS) is 17.1. The minimum Gasteiger partial charge on any atom is -0.346 e. The van der Waals surface area contributed by atoms with Crippen LogP contribution in [0.3, 0.4) is 0 Å². The molecular weight excluding hydrogens is 354 g/mol. The number of benzene rings is 1. The largest absolute Gasteiger partial charge is 0.346 e. The predicted octanol–water partition coefficient (Wildman–Crippen LogP) is 0.561. The maximum atomic E-state index is 12.5. The minimum absolute atomic E-state index is 0.191. The fourth-order valence-electron chi connectivity index (χ4n) is 2.66. The second-order valence-corrected chi connectivity index (χ2v) is 8.52. The molecule has 7 nitrogen and oxygen atoms in total. The summed E-state index contributed by atoms with van der Waals surface area (Å²) in [7, 11) is -3.60. The van der Waals surface area contributed by atoms with Gasteiger partial charge in [0.2, 0.25) is 11.8 Å². The van der Waals surface area contributed by atoms with Crippen molar-refractivity contribution >= 4 is 38.9 Å². The number of hydrogen-bond acceptors (Lipinski definition) is 5. The van der Waals surface area contributed by atoms with Crippen LogP contribution in [0.2, 0.25) is 5.02 Å². The van der Waals surface area contributed by atoms with Gasteiger partial charge >= 0.3 is 0 Å². The highest BCUT2D eigenvalue weighted by Crippen LogP contribution is 2.27. The van der Waals surface area contributed by atoms with Gasteiger partial charge in [-0.15, -0.1) is 0 Å². The molecule has 24 heavy (non-hydrogen) atoms. The topological polar surface area (TPSA) is 104 Å². The zero-order valence-corrected chi connectivity index (χ0v) is 14.8. The summed E-state index contributed by atoms with van der Waals surface area (Å²) in [6.45, 7) is 0.584. The van der Waals surface area contributed by atoms with Crippen LogP contribution in [-0.2, 0) is 19.4 Å². The highest BCUT2D eigenvalue weighted by atomic mass is 35.5. The molecule has 1 aliphatic rings. The van der Waals surface area contributed by atoms with Crippen LogP contribution in [0, 0.1) is 0 Å². The van der Waals surface area contributed by atoms with Crippen LogP contribution in [0.5, 0.6) is 0 Å². The lowest BCUT2D eigenvalue weighted by molar-refractivity contribution is -0.126. The third-order valence-corrected chi connectivity index (χ3v) is 6.34. The summed E-state index contributed by atoms with van der Waals surface area (Å²) < 4.78 is 22.8. The first-order chi connectivity index (χ1) is 11.2. The first-order valence-corrected chi connectivity index (χ1v) is 9.75. The Labute approximate surface area is 146 Å². The molecule has 1 aromatic rings. The van der Waals surface area contributed by atoms with E-state index in [9.17, 15) is 18.0 Å². The predicted molar refractivity (Wildman–Crippen MR) is 92.8 cm³/mol. The molecule has 132 valence electrons. The third kappa shape index (κ3) is 4.25. The van der Waals surface area contributed by atoms with E-state index in [2.05, 4.69) is 16.0 Å². The number of sulfone groups is 1. The molecule has 0 aromatic heterocycles. The highest BCUT2D eigenvalue weighted by Gasteiger charge is 2.48. The molecule has 1 aromatic carbocycles. The van der Waals surface area contributed by atoms with E-state index in [0.717, 1.165) is 6.26 Å². The molecule has 0 aliphatic carbocycles. The molecule has 1 saturated heterocycles. The Balaban J connectivity index is 1.98. The number of piperidine rings is 1. The minimum atomic E-state index is -3.60. The Morgan fingerprint density at radius 2 is 1.79 bits per heavy atom. The van der Waals surface area contributed by atoms with Crippen molar-refractivity contribution in [2.24, 2.45) is 0 Å². The lowest BCUT2D eigenvalue weighted by Gasteiger charge is -2.34. The number of amides is 2. The molecule has 0 unspecified atom stereocenters. The van der Waals surface area contributed by atoms with Gasteiger partial charge in [-0.25, -0.2) is 8.42 Å². The first kappa shape index (κ1) is 18.7. The van der Waals surface area contributed by atoms with Gasteiger partial charge in [-0.2, -0.15) is 0 Å². The number of rotatable bonds is 5. The van der Waals surface area contributed by atoms with E-state index >= 15 is 0 Å². The first-order valence-electron chi connectivity index (χ1n) is 7.49. The van der Waals surface area contributed by atoms with Crippen LogP contribution in [0.15, 0.2) is 24.3 Å². The zero-order valence-electron chi connectivity index (χ0n) is 13.3. The van der Waals surface area contributed by atoms with E-state index in [0.29, 0.717) is 23.8 Å². The van der Waals surface area contributed by atoms with Crippen molar-refractivity contribution in [1.29, 1.82) is 0 Å². The van der Waals surface area contributed by atoms with E-state index in [1.165, 1.54) is 0 Å². The van der Waals surface area contributed by atoms with Crippen molar-refractivity contribution in [3.05, 3.63) is 29.3 Å². The molecule has 0 bridgehead atoms. The molecule has 9 heteroatoms. The highest BCUT2D eigenvalue weighted by molar-refractivity contribution is 7.92. The molecule has 0 saturated carbocycles. The van der Waals surface area contributed by atoms with Gasteiger partial charge in [0.15, 0.2) is 14.6 Å². The number of nitrogens with one attached hydrogen (secondary N) is 3. The Morgan fingerprint density at radius 1 is 1.21 bits per heavy atom. The van der Waals surface area contributed by atoms with Crippen molar-refractivity contribution in [3.63, 3.8) is 0 Å². The Kier molecular flexibility index (Phi) is 5.84. The fraction of sp³-hybridized carbons (Fsp3) is 0.467. The molecule has 3 N–H and O–H groups in total. The second-order valence-electron chi connectivity index (χ2n) is 5.75. The van der Waals surface area contributed by atoms with Gasteiger partial charge < -0.3 is 16.0 Å². The summed E-state index contributed by atoms with van der Waals surface area (Å²) in [5.41, 5.74) is 0.540. The van der Waals surface area contributed by atoms with Gasteiger partial charge in [-0.05, 0) is 50.2 Å². The van der Waals surface area contributed by atoms with E-state index in [4.69, 9.17) is 11.6 Å². The van der Waals surface area contributed by atoms with Crippen molar-refractivity contribution in [2.75, 3.05) is 31.2 Å².